The van der Waals surface area contributed by atoms with E-state index in [4.69, 9.17) is 9.97 Å². The predicted octanol–water partition coefficient (Wildman–Crippen LogP) is 5.70. The molecule has 2 aliphatic heterocycles. The Bertz CT molecular complexity index is 2260. The van der Waals surface area contributed by atoms with Crippen LogP contribution in [0.5, 0.6) is 0 Å². The number of hydrogen-bond donors (Lipinski definition) is 0. The van der Waals surface area contributed by atoms with Gasteiger partial charge in [0.25, 0.3) is 0 Å². The van der Waals surface area contributed by atoms with E-state index in [1.165, 1.54) is 43.2 Å². The molecule has 4 nitrogen and oxygen atoms in total. The molecule has 2 aromatic heterocycles. The second kappa shape index (κ2) is 8.28. The maximum Gasteiger partial charge on any atom is 0.185 e. The molecule has 5 heteroatoms. The van der Waals surface area contributed by atoms with Crippen molar-refractivity contribution in [2.24, 2.45) is 0 Å². The maximum absolute atomic E-state index is 5.30. The molecule has 0 fully saturated rings. The lowest BCUT2D eigenvalue weighted by atomic mass is 10.2. The first-order valence-corrected chi connectivity index (χ1v) is 16.7. The number of nitrogens with zero attached hydrogens (tertiary/aromatic N) is 4. The Hall–Kier alpha value is -5.52. The summed E-state index contributed by atoms with van der Waals surface area (Å²) in [4.78, 5) is 10.6. The zero-order valence-corrected chi connectivity index (χ0v) is 24.1. The molecule has 0 aliphatic carbocycles. The van der Waals surface area contributed by atoms with Crippen LogP contribution in [-0.2, 0) is 0 Å². The van der Waals surface area contributed by atoms with Crippen molar-refractivity contribution in [3.05, 3.63) is 146 Å². The van der Waals surface area contributed by atoms with E-state index >= 15 is 0 Å². The Morgan fingerprint density at radius 3 is 1.23 bits per heavy atom. The smallest absolute Gasteiger partial charge is 0.185 e. The van der Waals surface area contributed by atoms with E-state index in [1.807, 2.05) is 0 Å². The zero-order chi connectivity index (χ0) is 28.1. The molecule has 4 heterocycles. The highest BCUT2D eigenvalue weighted by Crippen LogP contribution is 2.37. The van der Waals surface area contributed by atoms with E-state index in [0.717, 1.165) is 33.7 Å². The van der Waals surface area contributed by atoms with Gasteiger partial charge in [-0.15, -0.1) is 0 Å². The van der Waals surface area contributed by atoms with Crippen LogP contribution in [0.4, 0.5) is 0 Å². The van der Waals surface area contributed by atoms with E-state index in [9.17, 15) is 0 Å². The van der Waals surface area contributed by atoms with Crippen LogP contribution < -0.4 is 20.7 Å². The van der Waals surface area contributed by atoms with Gasteiger partial charge in [0.2, 0.25) is 0 Å². The molecule has 0 radical (unpaired) electrons. The van der Waals surface area contributed by atoms with Crippen LogP contribution >= 0.6 is 0 Å². The fourth-order valence-corrected chi connectivity index (χ4v) is 13.2. The minimum atomic E-state index is -2.97. The summed E-state index contributed by atoms with van der Waals surface area (Å²) in [7, 11) is -2.97. The molecule has 0 saturated heterocycles. The molecule has 0 atom stereocenters. The van der Waals surface area contributed by atoms with Crippen LogP contribution in [0.3, 0.4) is 0 Å². The number of fused-ring (bicyclic) bond motifs is 18. The highest BCUT2D eigenvalue weighted by atomic mass is 28.3. The molecule has 200 valence electrons. The summed E-state index contributed by atoms with van der Waals surface area (Å²) in [6.45, 7) is 0. The number of rotatable bonds is 0. The fraction of sp³-hybridized carbons (Fsp3) is 0. The van der Waals surface area contributed by atoms with Crippen LogP contribution in [0.2, 0.25) is 0 Å². The molecule has 2 aliphatic rings. The molecule has 0 bridgehead atoms. The van der Waals surface area contributed by atoms with E-state index in [2.05, 4.69) is 155 Å². The van der Waals surface area contributed by atoms with Crippen molar-refractivity contribution in [2.45, 2.75) is 0 Å². The molecule has 0 saturated carbocycles. The van der Waals surface area contributed by atoms with Crippen LogP contribution in [-0.4, -0.2) is 27.2 Å². The summed E-state index contributed by atoms with van der Waals surface area (Å²) in [6.07, 6.45) is 0. The SMILES string of the molecule is c1ccc2c(c1)-c1nc3ccccc3n1-c1ccccc1[Si]21c2ccccc2-c2nc3ccccc3n2-c2ccccc21. The van der Waals surface area contributed by atoms with E-state index < -0.39 is 8.07 Å². The quantitative estimate of drug-likeness (QED) is 0.222. The van der Waals surface area contributed by atoms with Gasteiger partial charge in [-0.05, 0) is 57.1 Å². The minimum Gasteiger partial charge on any atom is -0.292 e. The number of imidazole rings is 2. The van der Waals surface area contributed by atoms with Gasteiger partial charge in [-0.3, -0.25) is 9.13 Å². The van der Waals surface area contributed by atoms with Gasteiger partial charge in [-0.25, -0.2) is 9.97 Å². The topological polar surface area (TPSA) is 35.6 Å². The van der Waals surface area contributed by atoms with E-state index in [0.29, 0.717) is 0 Å². The molecule has 8 aromatic rings. The Labute approximate surface area is 249 Å². The highest BCUT2D eigenvalue weighted by Gasteiger charge is 2.51. The molecule has 0 unspecified atom stereocenters. The van der Waals surface area contributed by atoms with Gasteiger partial charge in [0.1, 0.15) is 11.6 Å². The van der Waals surface area contributed by atoms with Crippen molar-refractivity contribution in [2.75, 3.05) is 0 Å². The Morgan fingerprint density at radius 2 is 0.744 bits per heavy atom. The molecule has 1 spiro atoms. The monoisotopic (exact) mass is 564 g/mol. The minimum absolute atomic E-state index is 0.996. The first-order chi connectivity index (χ1) is 21.4. The van der Waals surface area contributed by atoms with Gasteiger partial charge in [0, 0.05) is 22.5 Å². The molecular formula is C38H24N4Si. The number of aromatic nitrogens is 4. The lowest BCUT2D eigenvalue weighted by Gasteiger charge is -2.36. The number of benzene rings is 6. The van der Waals surface area contributed by atoms with Crippen LogP contribution in [0, 0.1) is 0 Å². The van der Waals surface area contributed by atoms with Crippen molar-refractivity contribution in [1.82, 2.24) is 19.1 Å². The van der Waals surface area contributed by atoms with E-state index in [-0.39, 0.29) is 0 Å². The second-order valence-electron chi connectivity index (χ2n) is 11.4. The summed E-state index contributed by atoms with van der Waals surface area (Å²) in [5, 5.41) is 5.43. The highest BCUT2D eigenvalue weighted by molar-refractivity contribution is 7.21. The Kier molecular flexibility index (Phi) is 4.44. The lowest BCUT2D eigenvalue weighted by molar-refractivity contribution is 1.11. The summed E-state index contributed by atoms with van der Waals surface area (Å²) in [5.74, 6) is 1.99. The summed E-state index contributed by atoms with van der Waals surface area (Å²) < 4.78 is 4.80. The van der Waals surface area contributed by atoms with Gasteiger partial charge >= 0.3 is 0 Å². The average Bonchev–Trinajstić information content (AvgIpc) is 3.60. The summed E-state index contributed by atoms with van der Waals surface area (Å²) in [5.41, 5.74) is 9.04. The van der Waals surface area contributed by atoms with Crippen molar-refractivity contribution < 1.29 is 0 Å². The van der Waals surface area contributed by atoms with Crippen molar-refractivity contribution in [1.29, 1.82) is 0 Å². The maximum atomic E-state index is 5.30. The number of para-hydroxylation sites is 6. The summed E-state index contributed by atoms with van der Waals surface area (Å²) in [6, 6.07) is 53.1. The molecule has 43 heavy (non-hydrogen) atoms. The van der Waals surface area contributed by atoms with Crippen LogP contribution in [0.15, 0.2) is 146 Å². The van der Waals surface area contributed by atoms with Crippen LogP contribution in [0.1, 0.15) is 0 Å². The molecular weight excluding hydrogens is 541 g/mol. The zero-order valence-electron chi connectivity index (χ0n) is 23.1. The fourth-order valence-electron chi connectivity index (χ4n) is 7.75. The molecule has 0 N–H and O–H groups in total. The third-order valence-electron chi connectivity index (χ3n) is 9.36. The third kappa shape index (κ3) is 2.80. The molecule has 0 amide bonds. The van der Waals surface area contributed by atoms with Crippen LogP contribution in [0.25, 0.3) is 56.2 Å². The normalized spacial score (nSPS) is 13.8. The predicted molar refractivity (Wildman–Crippen MR) is 177 cm³/mol. The van der Waals surface area contributed by atoms with Crippen molar-refractivity contribution in [3.63, 3.8) is 0 Å². The van der Waals surface area contributed by atoms with Gasteiger partial charge in [0.05, 0.1) is 22.1 Å². The molecule has 10 rings (SSSR count). The second-order valence-corrected chi connectivity index (χ2v) is 15.0. The van der Waals surface area contributed by atoms with E-state index in [1.54, 1.807) is 0 Å². The first-order valence-electron chi connectivity index (χ1n) is 14.7. The number of hydrogen-bond acceptors (Lipinski definition) is 2. The summed E-state index contributed by atoms with van der Waals surface area (Å²) >= 11 is 0. The Morgan fingerprint density at radius 1 is 0.372 bits per heavy atom. The average molecular weight is 565 g/mol. The standard InChI is InChI=1S/C38H24N4Si/c1-9-21-33-25(13-1)37-39-27-15-3-5-17-29(27)41(37)31-19-7-11-23-35(31)43(33)34-22-10-2-14-26(34)38-40-28-16-4-6-18-30(28)42(38)32-20-8-12-24-36(32)43/h1-24H. The lowest BCUT2D eigenvalue weighted by Crippen LogP contribution is -2.75. The van der Waals surface area contributed by atoms with Gasteiger partial charge in [-0.2, -0.15) is 0 Å². The third-order valence-corrected chi connectivity index (χ3v) is 14.3. The van der Waals surface area contributed by atoms with Gasteiger partial charge < -0.3 is 0 Å². The van der Waals surface area contributed by atoms with Crippen molar-refractivity contribution >= 4 is 50.9 Å². The van der Waals surface area contributed by atoms with Crippen molar-refractivity contribution in [3.8, 4) is 34.2 Å². The van der Waals surface area contributed by atoms with Gasteiger partial charge in [-0.1, -0.05) is 109 Å². The molecule has 6 aromatic carbocycles. The first kappa shape index (κ1) is 23.1. The van der Waals surface area contributed by atoms with Gasteiger partial charge in [0.15, 0.2) is 8.07 Å². The Balaban J connectivity index is 1.48. The largest absolute Gasteiger partial charge is 0.292 e.